The smallest absolute Gasteiger partial charge is 0.0912 e. The van der Waals surface area contributed by atoms with Crippen LogP contribution in [0, 0.1) is 5.92 Å². The molecule has 2 nitrogen and oxygen atoms in total. The van der Waals surface area contributed by atoms with Crippen molar-refractivity contribution >= 4 is 0 Å². The summed E-state index contributed by atoms with van der Waals surface area (Å²) >= 11 is 0. The molecule has 0 aliphatic carbocycles. The van der Waals surface area contributed by atoms with Gasteiger partial charge in [-0.25, -0.2) is 0 Å². The molecule has 0 saturated carbocycles. The third-order valence-corrected chi connectivity index (χ3v) is 2.00. The third-order valence-electron chi connectivity index (χ3n) is 2.00. The summed E-state index contributed by atoms with van der Waals surface area (Å²) in [7, 11) is 0. The highest BCUT2D eigenvalue weighted by Crippen LogP contribution is 2.17. The van der Waals surface area contributed by atoms with E-state index in [1.165, 1.54) is 0 Å². The number of alkyl halides is 1. The van der Waals surface area contributed by atoms with Gasteiger partial charge in [0.25, 0.3) is 0 Å². The highest BCUT2D eigenvalue weighted by Gasteiger charge is 2.27. The zero-order valence-electron chi connectivity index (χ0n) is 6.60. The predicted molar refractivity (Wildman–Crippen MR) is 39.4 cm³/mol. The Hall–Kier alpha value is -0.150. The van der Waals surface area contributed by atoms with Gasteiger partial charge in [0.2, 0.25) is 0 Å². The second-order valence-electron chi connectivity index (χ2n) is 2.98. The molecule has 0 heterocycles. The fourth-order valence-corrected chi connectivity index (χ4v) is 0.726. The van der Waals surface area contributed by atoms with Crippen LogP contribution < -0.4 is 5.73 Å². The molecule has 0 rings (SSSR count). The molecule has 0 bridgehead atoms. The summed E-state index contributed by atoms with van der Waals surface area (Å²) in [6.07, 6.45) is 0.237. The quantitative estimate of drug-likeness (QED) is 0.617. The van der Waals surface area contributed by atoms with Crippen molar-refractivity contribution < 1.29 is 9.50 Å². The van der Waals surface area contributed by atoms with Crippen molar-refractivity contribution in [3.63, 3.8) is 0 Å². The van der Waals surface area contributed by atoms with Crippen LogP contribution in [0.1, 0.15) is 20.3 Å². The van der Waals surface area contributed by atoms with Crippen molar-refractivity contribution in [2.75, 3.05) is 13.3 Å². The fraction of sp³-hybridized carbons (Fsp3) is 1.00. The predicted octanol–water partition coefficient (Wildman–Crippen LogP) is 0.692. The van der Waals surface area contributed by atoms with E-state index >= 15 is 0 Å². The normalized spacial score (nSPS) is 17.4. The van der Waals surface area contributed by atoms with Crippen LogP contribution in [0.15, 0.2) is 0 Å². The minimum atomic E-state index is -0.727. The molecule has 0 aromatic carbocycles. The number of hydrogen-bond donors (Lipinski definition) is 2. The highest BCUT2D eigenvalue weighted by atomic mass is 19.1. The first-order valence-electron chi connectivity index (χ1n) is 3.52. The first-order chi connectivity index (χ1) is 4.56. The number of nitrogens with two attached hydrogens (primary N) is 1. The van der Waals surface area contributed by atoms with Crippen LogP contribution in [0.25, 0.3) is 0 Å². The van der Waals surface area contributed by atoms with Gasteiger partial charge in [0.15, 0.2) is 0 Å². The van der Waals surface area contributed by atoms with E-state index in [2.05, 4.69) is 0 Å². The minimum Gasteiger partial charge on any atom is -0.394 e. The van der Waals surface area contributed by atoms with Crippen LogP contribution in [0.2, 0.25) is 0 Å². The molecule has 0 spiro atoms. The molecule has 62 valence electrons. The first-order valence-corrected chi connectivity index (χ1v) is 3.52. The van der Waals surface area contributed by atoms with Gasteiger partial charge >= 0.3 is 0 Å². The third kappa shape index (κ3) is 2.23. The molecule has 3 N–H and O–H groups in total. The molecule has 1 atom stereocenters. The van der Waals surface area contributed by atoms with Crippen LogP contribution in [-0.2, 0) is 0 Å². The molecule has 1 unspecified atom stereocenters. The van der Waals surface area contributed by atoms with Gasteiger partial charge in [-0.05, 0) is 12.3 Å². The van der Waals surface area contributed by atoms with E-state index in [0.717, 1.165) is 0 Å². The van der Waals surface area contributed by atoms with Crippen LogP contribution in [-0.4, -0.2) is 23.9 Å². The van der Waals surface area contributed by atoms with Crippen molar-refractivity contribution in [2.24, 2.45) is 11.7 Å². The van der Waals surface area contributed by atoms with Crippen molar-refractivity contribution in [3.8, 4) is 0 Å². The Kier molecular flexibility index (Phi) is 3.83. The Balaban J connectivity index is 3.94. The average Bonchev–Trinajstić information content (AvgIpc) is 1.88. The number of aliphatic hydroxyl groups excluding tert-OH is 1. The molecule has 0 saturated heterocycles. The van der Waals surface area contributed by atoms with Gasteiger partial charge in [0.05, 0.1) is 13.3 Å². The fourth-order valence-electron chi connectivity index (χ4n) is 0.726. The van der Waals surface area contributed by atoms with Gasteiger partial charge in [-0.1, -0.05) is 13.8 Å². The molecule has 0 aromatic rings. The summed E-state index contributed by atoms with van der Waals surface area (Å²) < 4.78 is 11.8. The van der Waals surface area contributed by atoms with Gasteiger partial charge in [-0.3, -0.25) is 4.39 Å². The average molecular weight is 149 g/mol. The Morgan fingerprint density at radius 2 is 2.10 bits per heavy atom. The molecule has 0 aliphatic rings. The first kappa shape index (κ1) is 9.85. The molecule has 0 amide bonds. The van der Waals surface area contributed by atoms with Crippen molar-refractivity contribution in [1.29, 1.82) is 0 Å². The van der Waals surface area contributed by atoms with Crippen molar-refractivity contribution in [1.82, 2.24) is 0 Å². The maximum absolute atomic E-state index is 11.8. The van der Waals surface area contributed by atoms with E-state index in [1.54, 1.807) is 0 Å². The van der Waals surface area contributed by atoms with E-state index in [9.17, 15) is 4.39 Å². The molecule has 0 radical (unpaired) electrons. The number of aliphatic hydroxyl groups is 1. The molecule has 0 fully saturated rings. The second-order valence-corrected chi connectivity index (χ2v) is 2.98. The Bertz CT molecular complexity index is 97.6. The maximum Gasteiger partial charge on any atom is 0.0912 e. The Labute approximate surface area is 61.2 Å². The van der Waals surface area contributed by atoms with E-state index in [1.807, 2.05) is 13.8 Å². The lowest BCUT2D eigenvalue weighted by Gasteiger charge is -2.30. The van der Waals surface area contributed by atoms with Gasteiger partial charge < -0.3 is 10.8 Å². The minimum absolute atomic E-state index is 0.119. The second kappa shape index (κ2) is 3.88. The summed E-state index contributed by atoms with van der Waals surface area (Å²) in [5.74, 6) is 0.119. The standard InChI is InChI=1S/C7H16FNO/c1-6(2)7(9,5-10)3-4-8/h6,10H,3-5,9H2,1-2H3. The Morgan fingerprint density at radius 3 is 2.20 bits per heavy atom. The van der Waals surface area contributed by atoms with Crippen LogP contribution in [0.5, 0.6) is 0 Å². The van der Waals surface area contributed by atoms with Gasteiger partial charge in [-0.15, -0.1) is 0 Å². The van der Waals surface area contributed by atoms with Crippen LogP contribution in [0.3, 0.4) is 0 Å². The molecule has 0 aliphatic heterocycles. The van der Waals surface area contributed by atoms with Gasteiger partial charge in [0.1, 0.15) is 0 Å². The number of rotatable bonds is 4. The maximum atomic E-state index is 11.8. The van der Waals surface area contributed by atoms with E-state index < -0.39 is 12.2 Å². The molecule has 0 aromatic heterocycles. The SMILES string of the molecule is CC(C)C(N)(CO)CCF. The van der Waals surface area contributed by atoms with E-state index in [-0.39, 0.29) is 18.9 Å². The summed E-state index contributed by atoms with van der Waals surface area (Å²) in [5, 5.41) is 8.80. The lowest BCUT2D eigenvalue weighted by atomic mass is 9.86. The van der Waals surface area contributed by atoms with Crippen LogP contribution >= 0.6 is 0 Å². The topological polar surface area (TPSA) is 46.2 Å². The molecule has 10 heavy (non-hydrogen) atoms. The Morgan fingerprint density at radius 1 is 1.60 bits per heavy atom. The number of hydrogen-bond acceptors (Lipinski definition) is 2. The van der Waals surface area contributed by atoms with Gasteiger partial charge in [0, 0.05) is 5.54 Å². The van der Waals surface area contributed by atoms with Crippen LogP contribution in [0.4, 0.5) is 4.39 Å². The molecular weight excluding hydrogens is 133 g/mol. The summed E-state index contributed by atoms with van der Waals surface area (Å²) in [5.41, 5.74) is 4.93. The summed E-state index contributed by atoms with van der Waals surface area (Å²) in [6.45, 7) is 3.15. The summed E-state index contributed by atoms with van der Waals surface area (Å²) in [6, 6.07) is 0. The van der Waals surface area contributed by atoms with E-state index in [0.29, 0.717) is 0 Å². The lowest BCUT2D eigenvalue weighted by Crippen LogP contribution is -2.48. The van der Waals surface area contributed by atoms with Crippen molar-refractivity contribution in [3.05, 3.63) is 0 Å². The summed E-state index contributed by atoms with van der Waals surface area (Å²) in [4.78, 5) is 0. The molecular formula is C7H16FNO. The van der Waals surface area contributed by atoms with E-state index in [4.69, 9.17) is 10.8 Å². The molecule has 3 heteroatoms. The zero-order chi connectivity index (χ0) is 8.20. The zero-order valence-corrected chi connectivity index (χ0v) is 6.60. The lowest BCUT2D eigenvalue weighted by molar-refractivity contribution is 0.137. The highest BCUT2D eigenvalue weighted by molar-refractivity contribution is 4.86. The van der Waals surface area contributed by atoms with Gasteiger partial charge in [-0.2, -0.15) is 0 Å². The monoisotopic (exact) mass is 149 g/mol. The number of halogens is 1. The van der Waals surface area contributed by atoms with Crippen molar-refractivity contribution in [2.45, 2.75) is 25.8 Å². The largest absolute Gasteiger partial charge is 0.394 e.